The molecule has 0 aromatic heterocycles. The number of ether oxygens (including phenoxy) is 1. The number of nitrogens with one attached hydrogen (secondary N) is 1. The van der Waals surface area contributed by atoms with E-state index in [0.29, 0.717) is 17.1 Å². The third-order valence-corrected chi connectivity index (χ3v) is 4.19. The van der Waals surface area contributed by atoms with Gasteiger partial charge in [-0.3, -0.25) is 4.90 Å². The van der Waals surface area contributed by atoms with E-state index < -0.39 is 9.84 Å². The van der Waals surface area contributed by atoms with Gasteiger partial charge in [-0.05, 0) is 6.07 Å². The highest BCUT2D eigenvalue weighted by Gasteiger charge is 2.13. The molecule has 0 unspecified atom stereocenters. The van der Waals surface area contributed by atoms with Crippen LogP contribution in [0.1, 0.15) is 0 Å². The molecule has 1 fully saturated rings. The number of anilines is 1. The molecule has 0 aliphatic carbocycles. The molecule has 0 bridgehead atoms. The van der Waals surface area contributed by atoms with Gasteiger partial charge in [0.1, 0.15) is 0 Å². The first-order chi connectivity index (χ1) is 9.07. The van der Waals surface area contributed by atoms with Crippen LogP contribution in [-0.4, -0.2) is 59.0 Å². The molecule has 1 heterocycles. The van der Waals surface area contributed by atoms with Crippen LogP contribution in [0.5, 0.6) is 0 Å². The number of morpholine rings is 1. The van der Waals surface area contributed by atoms with Crippen molar-refractivity contribution < 1.29 is 13.2 Å². The van der Waals surface area contributed by atoms with Crippen LogP contribution in [0.2, 0.25) is 0 Å². The average Bonchev–Trinajstić information content (AvgIpc) is 2.39. The molecule has 6 heteroatoms. The van der Waals surface area contributed by atoms with Gasteiger partial charge >= 0.3 is 0 Å². The van der Waals surface area contributed by atoms with Gasteiger partial charge in [-0.15, -0.1) is 0 Å². The zero-order chi connectivity index (χ0) is 13.7. The van der Waals surface area contributed by atoms with Gasteiger partial charge in [0.2, 0.25) is 0 Å². The predicted octanol–water partition coefficient (Wildman–Crippen LogP) is 0.634. The van der Waals surface area contributed by atoms with Crippen LogP contribution in [0.4, 0.5) is 5.69 Å². The summed E-state index contributed by atoms with van der Waals surface area (Å²) >= 11 is 0. The van der Waals surface area contributed by atoms with Crippen molar-refractivity contribution >= 4 is 15.5 Å². The highest BCUT2D eigenvalue weighted by molar-refractivity contribution is 7.90. The number of hydrogen-bond donors (Lipinski definition) is 1. The third-order valence-electron chi connectivity index (χ3n) is 3.05. The van der Waals surface area contributed by atoms with E-state index in [1.807, 2.05) is 0 Å². The number of rotatable bonds is 5. The topological polar surface area (TPSA) is 58.6 Å². The highest BCUT2D eigenvalue weighted by atomic mass is 32.2. The van der Waals surface area contributed by atoms with Crippen molar-refractivity contribution in [3.8, 4) is 0 Å². The van der Waals surface area contributed by atoms with Crippen molar-refractivity contribution in [2.45, 2.75) is 4.90 Å². The van der Waals surface area contributed by atoms with E-state index in [2.05, 4.69) is 16.3 Å². The van der Waals surface area contributed by atoms with Crippen LogP contribution in [-0.2, 0) is 14.6 Å². The Kier molecular flexibility index (Phi) is 4.79. The number of para-hydroxylation sites is 1. The first-order valence-corrected chi connectivity index (χ1v) is 8.21. The summed E-state index contributed by atoms with van der Waals surface area (Å²) in [5.74, 6) is 0. The zero-order valence-corrected chi connectivity index (χ0v) is 11.9. The fraction of sp³-hybridized carbons (Fsp3) is 0.538. The van der Waals surface area contributed by atoms with E-state index in [1.165, 1.54) is 6.26 Å². The molecule has 2 rings (SSSR count). The molecule has 105 valence electrons. The minimum atomic E-state index is -3.22. The van der Waals surface area contributed by atoms with E-state index in [1.54, 1.807) is 18.2 Å². The van der Waals surface area contributed by atoms with E-state index in [-0.39, 0.29) is 0 Å². The summed E-state index contributed by atoms with van der Waals surface area (Å²) < 4.78 is 28.5. The molecule has 19 heavy (non-hydrogen) atoms. The number of nitrogens with zero attached hydrogens (tertiary/aromatic N) is 1. The molecule has 5 nitrogen and oxygen atoms in total. The second-order valence-corrected chi connectivity index (χ2v) is 6.55. The molecule has 0 spiro atoms. The zero-order valence-electron chi connectivity index (χ0n) is 11.1. The fourth-order valence-electron chi connectivity index (χ4n) is 2.03. The van der Waals surface area contributed by atoms with Crippen LogP contribution >= 0.6 is 0 Å². The molecule has 1 aliphatic rings. The summed E-state index contributed by atoms with van der Waals surface area (Å²) in [6.45, 7) is 4.97. The van der Waals surface area contributed by atoms with Gasteiger partial charge in [-0.2, -0.15) is 0 Å². The Bertz CT molecular complexity index is 510. The van der Waals surface area contributed by atoms with Gasteiger partial charge in [0.25, 0.3) is 0 Å². The molecule has 1 aliphatic heterocycles. The van der Waals surface area contributed by atoms with Crippen molar-refractivity contribution in [1.29, 1.82) is 0 Å². The molecule has 1 radical (unpaired) electrons. The summed E-state index contributed by atoms with van der Waals surface area (Å²) in [6.07, 6.45) is 1.21. The maximum Gasteiger partial charge on any atom is 0.177 e. The lowest BCUT2D eigenvalue weighted by Gasteiger charge is -2.26. The maximum atomic E-state index is 11.6. The van der Waals surface area contributed by atoms with Gasteiger partial charge in [-0.25, -0.2) is 8.42 Å². The Morgan fingerprint density at radius 3 is 2.84 bits per heavy atom. The number of sulfone groups is 1. The first kappa shape index (κ1) is 14.3. The molecule has 0 amide bonds. The summed E-state index contributed by atoms with van der Waals surface area (Å²) in [7, 11) is -3.22. The van der Waals surface area contributed by atoms with E-state index in [4.69, 9.17) is 4.74 Å². The van der Waals surface area contributed by atoms with Crippen LogP contribution in [0.15, 0.2) is 23.1 Å². The van der Waals surface area contributed by atoms with Crippen molar-refractivity contribution in [1.82, 2.24) is 4.90 Å². The van der Waals surface area contributed by atoms with Crippen molar-refractivity contribution in [3.63, 3.8) is 0 Å². The minimum Gasteiger partial charge on any atom is -0.382 e. The molecule has 0 atom stereocenters. The van der Waals surface area contributed by atoms with Crippen molar-refractivity contribution in [2.24, 2.45) is 0 Å². The quantitative estimate of drug-likeness (QED) is 0.859. The number of hydrogen-bond acceptors (Lipinski definition) is 5. The summed E-state index contributed by atoms with van der Waals surface area (Å²) in [5, 5.41) is 3.15. The normalized spacial score (nSPS) is 17.3. The summed E-state index contributed by atoms with van der Waals surface area (Å²) in [4.78, 5) is 2.59. The Morgan fingerprint density at radius 1 is 1.42 bits per heavy atom. The Labute approximate surface area is 114 Å². The Morgan fingerprint density at radius 2 is 2.16 bits per heavy atom. The lowest BCUT2D eigenvalue weighted by atomic mass is 10.3. The molecule has 1 saturated heterocycles. The monoisotopic (exact) mass is 283 g/mol. The summed E-state index contributed by atoms with van der Waals surface area (Å²) in [6, 6.07) is 7.95. The minimum absolute atomic E-state index is 0.303. The van der Waals surface area contributed by atoms with Crippen LogP contribution in [0.25, 0.3) is 0 Å². The first-order valence-electron chi connectivity index (χ1n) is 6.32. The number of benzene rings is 1. The van der Waals surface area contributed by atoms with Gasteiger partial charge < -0.3 is 10.1 Å². The van der Waals surface area contributed by atoms with Crippen molar-refractivity contribution in [3.05, 3.63) is 24.3 Å². The van der Waals surface area contributed by atoms with Gasteiger partial charge in [0.15, 0.2) is 9.84 Å². The van der Waals surface area contributed by atoms with Crippen LogP contribution < -0.4 is 5.32 Å². The molecular formula is C13H19N2O3S. The molecule has 1 N–H and O–H groups in total. The second kappa shape index (κ2) is 6.36. The predicted molar refractivity (Wildman–Crippen MR) is 74.1 cm³/mol. The smallest absolute Gasteiger partial charge is 0.177 e. The fourth-order valence-corrected chi connectivity index (χ4v) is 2.86. The molecular weight excluding hydrogens is 264 g/mol. The van der Waals surface area contributed by atoms with Gasteiger partial charge in [0.05, 0.1) is 23.8 Å². The molecule has 1 aromatic rings. The van der Waals surface area contributed by atoms with E-state index >= 15 is 0 Å². The maximum absolute atomic E-state index is 11.6. The molecule has 0 saturated carbocycles. The Balaban J connectivity index is 1.92. The van der Waals surface area contributed by atoms with Crippen LogP contribution in [0, 0.1) is 6.07 Å². The van der Waals surface area contributed by atoms with Gasteiger partial charge in [0, 0.05) is 38.5 Å². The summed E-state index contributed by atoms with van der Waals surface area (Å²) in [5.41, 5.74) is 0.554. The lowest BCUT2D eigenvalue weighted by Crippen LogP contribution is -2.39. The van der Waals surface area contributed by atoms with Crippen molar-refractivity contribution in [2.75, 3.05) is 51.0 Å². The largest absolute Gasteiger partial charge is 0.382 e. The highest BCUT2D eigenvalue weighted by Crippen LogP contribution is 2.19. The van der Waals surface area contributed by atoms with Crippen LogP contribution in [0.3, 0.4) is 0 Å². The van der Waals surface area contributed by atoms with Gasteiger partial charge in [-0.1, -0.05) is 12.1 Å². The SMILES string of the molecule is CS(=O)(=O)c1ccc[c]c1NCCN1CCOCC1. The average molecular weight is 283 g/mol. The van der Waals surface area contributed by atoms with E-state index in [9.17, 15) is 8.42 Å². The molecule has 1 aromatic carbocycles. The second-order valence-electron chi connectivity index (χ2n) is 4.56. The lowest BCUT2D eigenvalue weighted by molar-refractivity contribution is 0.0398. The standard InChI is InChI=1S/C13H19N2O3S/c1-19(16,17)13-5-3-2-4-12(13)14-6-7-15-8-10-18-11-9-15/h2-3,5,14H,6-11H2,1H3. The van der Waals surface area contributed by atoms with E-state index in [0.717, 1.165) is 32.8 Å². The Hall–Kier alpha value is -1.11. The third kappa shape index (κ3) is 4.19.